The number of rotatable bonds is 6. The van der Waals surface area contributed by atoms with Crippen molar-refractivity contribution < 1.29 is 19.5 Å². The second-order valence-electron chi connectivity index (χ2n) is 5.70. The van der Waals surface area contributed by atoms with Crippen molar-refractivity contribution in [2.24, 2.45) is 5.92 Å². The highest BCUT2D eigenvalue weighted by molar-refractivity contribution is 6.01. The van der Waals surface area contributed by atoms with E-state index < -0.39 is 17.9 Å². The summed E-state index contributed by atoms with van der Waals surface area (Å²) in [5.74, 6) is -2.04. The maximum absolute atomic E-state index is 12.3. The lowest BCUT2D eigenvalue weighted by molar-refractivity contribution is -0.142. The zero-order valence-electron chi connectivity index (χ0n) is 13.4. The smallest absolute Gasteiger partial charge is 0.326 e. The van der Waals surface area contributed by atoms with Crippen LogP contribution in [0.25, 0.3) is 0 Å². The SMILES string of the molecule is CCc1ccccc1N1CC(C(=O)NC(CC)C(=O)O)CC1=O. The third kappa shape index (κ3) is 3.70. The van der Waals surface area contributed by atoms with E-state index in [-0.39, 0.29) is 24.8 Å². The minimum Gasteiger partial charge on any atom is -0.480 e. The largest absolute Gasteiger partial charge is 0.480 e. The first kappa shape index (κ1) is 17.0. The fraction of sp³-hybridized carbons (Fsp3) is 0.471. The van der Waals surface area contributed by atoms with Gasteiger partial charge in [0.2, 0.25) is 11.8 Å². The normalized spacial score (nSPS) is 18.8. The van der Waals surface area contributed by atoms with Crippen LogP contribution in [-0.2, 0) is 20.8 Å². The lowest BCUT2D eigenvalue weighted by Crippen LogP contribution is -2.43. The first-order chi connectivity index (χ1) is 11.0. The molecule has 6 heteroatoms. The van der Waals surface area contributed by atoms with E-state index in [4.69, 9.17) is 5.11 Å². The number of carboxylic acid groups (broad SMARTS) is 1. The predicted octanol–water partition coefficient (Wildman–Crippen LogP) is 1.58. The third-order valence-electron chi connectivity index (χ3n) is 4.18. The van der Waals surface area contributed by atoms with Gasteiger partial charge in [0.1, 0.15) is 6.04 Å². The van der Waals surface area contributed by atoms with Gasteiger partial charge in [0.25, 0.3) is 0 Å². The van der Waals surface area contributed by atoms with Crippen LogP contribution in [0.4, 0.5) is 5.69 Å². The van der Waals surface area contributed by atoms with Crippen molar-refractivity contribution in [3.05, 3.63) is 29.8 Å². The maximum atomic E-state index is 12.3. The molecule has 1 aromatic carbocycles. The van der Waals surface area contributed by atoms with Crippen LogP contribution in [-0.4, -0.2) is 35.5 Å². The van der Waals surface area contributed by atoms with Crippen molar-refractivity contribution in [3.8, 4) is 0 Å². The van der Waals surface area contributed by atoms with Crippen molar-refractivity contribution >= 4 is 23.5 Å². The van der Waals surface area contributed by atoms with E-state index >= 15 is 0 Å². The Hall–Kier alpha value is -2.37. The number of carbonyl (C=O) groups is 3. The molecule has 0 spiro atoms. The molecule has 6 nitrogen and oxygen atoms in total. The van der Waals surface area contributed by atoms with E-state index in [1.807, 2.05) is 31.2 Å². The lowest BCUT2D eigenvalue weighted by atomic mass is 10.1. The first-order valence-corrected chi connectivity index (χ1v) is 7.89. The molecule has 1 fully saturated rings. The number of nitrogens with zero attached hydrogens (tertiary/aromatic N) is 1. The standard InChI is InChI=1S/C17H22N2O4/c1-3-11-7-5-6-8-14(11)19-10-12(9-15(19)20)16(21)18-13(4-2)17(22)23/h5-8,12-13H,3-4,9-10H2,1-2H3,(H,18,21)(H,22,23). The highest BCUT2D eigenvalue weighted by Gasteiger charge is 2.36. The van der Waals surface area contributed by atoms with Gasteiger partial charge < -0.3 is 15.3 Å². The quantitative estimate of drug-likeness (QED) is 0.834. The highest BCUT2D eigenvalue weighted by Crippen LogP contribution is 2.28. The number of carboxylic acids is 1. The monoisotopic (exact) mass is 318 g/mol. The van der Waals surface area contributed by atoms with Gasteiger partial charge in [-0.25, -0.2) is 4.79 Å². The van der Waals surface area contributed by atoms with E-state index in [1.54, 1.807) is 11.8 Å². The second kappa shape index (κ2) is 7.26. The predicted molar refractivity (Wildman–Crippen MR) is 86.1 cm³/mol. The van der Waals surface area contributed by atoms with E-state index in [9.17, 15) is 14.4 Å². The molecule has 0 radical (unpaired) electrons. The number of hydrogen-bond acceptors (Lipinski definition) is 3. The number of anilines is 1. The zero-order valence-corrected chi connectivity index (χ0v) is 13.4. The Bertz CT molecular complexity index is 614. The Morgan fingerprint density at radius 1 is 1.35 bits per heavy atom. The molecule has 1 aliphatic heterocycles. The Balaban J connectivity index is 2.10. The van der Waals surface area contributed by atoms with Crippen LogP contribution in [0.3, 0.4) is 0 Å². The van der Waals surface area contributed by atoms with Gasteiger partial charge in [-0.1, -0.05) is 32.0 Å². The molecule has 0 aromatic heterocycles. The van der Waals surface area contributed by atoms with Crippen molar-refractivity contribution in [1.82, 2.24) is 5.32 Å². The van der Waals surface area contributed by atoms with Crippen LogP contribution in [0.2, 0.25) is 0 Å². The average molecular weight is 318 g/mol. The molecular weight excluding hydrogens is 296 g/mol. The van der Waals surface area contributed by atoms with Crippen molar-refractivity contribution in [1.29, 1.82) is 0 Å². The molecule has 2 N–H and O–H groups in total. The number of para-hydroxylation sites is 1. The highest BCUT2D eigenvalue weighted by atomic mass is 16.4. The molecule has 124 valence electrons. The lowest BCUT2D eigenvalue weighted by Gasteiger charge is -2.20. The fourth-order valence-corrected chi connectivity index (χ4v) is 2.82. The molecule has 2 unspecified atom stereocenters. The number of hydrogen-bond donors (Lipinski definition) is 2. The minimum absolute atomic E-state index is 0.102. The number of nitrogens with one attached hydrogen (secondary N) is 1. The Morgan fingerprint density at radius 2 is 2.04 bits per heavy atom. The van der Waals surface area contributed by atoms with Crippen molar-refractivity contribution in [2.75, 3.05) is 11.4 Å². The van der Waals surface area contributed by atoms with Gasteiger partial charge in [-0.3, -0.25) is 9.59 Å². The van der Waals surface area contributed by atoms with E-state index in [0.29, 0.717) is 6.42 Å². The number of aliphatic carboxylic acids is 1. The van der Waals surface area contributed by atoms with Crippen molar-refractivity contribution in [3.63, 3.8) is 0 Å². The first-order valence-electron chi connectivity index (χ1n) is 7.89. The Kier molecular flexibility index (Phi) is 5.36. The molecule has 0 bridgehead atoms. The van der Waals surface area contributed by atoms with Crippen LogP contribution < -0.4 is 10.2 Å². The molecule has 0 saturated carbocycles. The Labute approximate surface area is 135 Å². The number of carbonyl (C=O) groups excluding carboxylic acids is 2. The van der Waals surface area contributed by atoms with Gasteiger partial charge in [0.15, 0.2) is 0 Å². The molecule has 2 rings (SSSR count). The Morgan fingerprint density at radius 3 is 2.65 bits per heavy atom. The van der Waals surface area contributed by atoms with E-state index in [0.717, 1.165) is 17.7 Å². The fourth-order valence-electron chi connectivity index (χ4n) is 2.82. The minimum atomic E-state index is -1.06. The summed E-state index contributed by atoms with van der Waals surface area (Å²) in [6, 6.07) is 6.73. The second-order valence-corrected chi connectivity index (χ2v) is 5.70. The molecule has 2 amide bonds. The number of aryl methyl sites for hydroxylation is 1. The summed E-state index contributed by atoms with van der Waals surface area (Å²) in [6.45, 7) is 4.00. The molecule has 1 aromatic rings. The third-order valence-corrected chi connectivity index (χ3v) is 4.18. The summed E-state index contributed by atoms with van der Waals surface area (Å²) < 4.78 is 0. The summed E-state index contributed by atoms with van der Waals surface area (Å²) in [4.78, 5) is 37.2. The summed E-state index contributed by atoms with van der Waals surface area (Å²) in [6.07, 6.45) is 1.22. The van der Waals surface area contributed by atoms with Gasteiger partial charge in [-0.05, 0) is 24.5 Å². The van der Waals surface area contributed by atoms with E-state index in [2.05, 4.69) is 5.32 Å². The summed E-state index contributed by atoms with van der Waals surface area (Å²) in [7, 11) is 0. The van der Waals surface area contributed by atoms with E-state index in [1.165, 1.54) is 0 Å². The molecular formula is C17H22N2O4. The van der Waals surface area contributed by atoms with Crippen LogP contribution in [0.15, 0.2) is 24.3 Å². The molecule has 1 saturated heterocycles. The van der Waals surface area contributed by atoms with Gasteiger partial charge in [0, 0.05) is 18.7 Å². The van der Waals surface area contributed by atoms with Gasteiger partial charge >= 0.3 is 5.97 Å². The van der Waals surface area contributed by atoms with Crippen LogP contribution in [0.5, 0.6) is 0 Å². The van der Waals surface area contributed by atoms with Crippen LogP contribution in [0, 0.1) is 5.92 Å². The molecule has 0 aliphatic carbocycles. The van der Waals surface area contributed by atoms with Crippen LogP contribution >= 0.6 is 0 Å². The summed E-state index contributed by atoms with van der Waals surface area (Å²) >= 11 is 0. The zero-order chi connectivity index (χ0) is 17.0. The molecule has 23 heavy (non-hydrogen) atoms. The molecule has 2 atom stereocenters. The van der Waals surface area contributed by atoms with Crippen LogP contribution in [0.1, 0.15) is 32.3 Å². The number of benzene rings is 1. The summed E-state index contributed by atoms with van der Waals surface area (Å²) in [5, 5.41) is 11.5. The van der Waals surface area contributed by atoms with Gasteiger partial charge in [-0.15, -0.1) is 0 Å². The van der Waals surface area contributed by atoms with Gasteiger partial charge in [0.05, 0.1) is 5.92 Å². The molecule has 1 heterocycles. The average Bonchev–Trinajstić information content (AvgIpc) is 2.93. The number of amides is 2. The summed E-state index contributed by atoms with van der Waals surface area (Å²) in [5.41, 5.74) is 1.89. The topological polar surface area (TPSA) is 86.7 Å². The van der Waals surface area contributed by atoms with Gasteiger partial charge in [-0.2, -0.15) is 0 Å². The maximum Gasteiger partial charge on any atom is 0.326 e. The van der Waals surface area contributed by atoms with Crippen molar-refractivity contribution in [2.45, 2.75) is 39.2 Å². The molecule has 1 aliphatic rings.